The molecule has 0 radical (unpaired) electrons. The molecule has 1 aromatic carbocycles. The van der Waals surface area contributed by atoms with Crippen molar-refractivity contribution in [2.45, 2.75) is 74.6 Å². The molecule has 2 unspecified atom stereocenters. The van der Waals surface area contributed by atoms with Crippen LogP contribution in [0, 0.1) is 5.92 Å². The molecule has 34 heavy (non-hydrogen) atoms. The van der Waals surface area contributed by atoms with Crippen LogP contribution < -0.4 is 10.6 Å². The summed E-state index contributed by atoms with van der Waals surface area (Å²) < 4.78 is 16.2. The third-order valence-corrected chi connectivity index (χ3v) is 10.1. The van der Waals surface area contributed by atoms with Gasteiger partial charge in [-0.25, -0.2) is 0 Å². The van der Waals surface area contributed by atoms with Crippen LogP contribution in [0.5, 0.6) is 0 Å². The van der Waals surface area contributed by atoms with Crippen molar-refractivity contribution in [2.75, 3.05) is 19.6 Å². The Bertz CT molecular complexity index is 902. The summed E-state index contributed by atoms with van der Waals surface area (Å²) in [6.45, 7) is 3.27. The number of halogens is 1. The van der Waals surface area contributed by atoms with Crippen LogP contribution in [0.2, 0.25) is 5.02 Å². The maximum Gasteiger partial charge on any atom is 0.251 e. The molecule has 0 spiro atoms. The highest BCUT2D eigenvalue weighted by Crippen LogP contribution is 2.28. The Morgan fingerprint density at radius 2 is 1.82 bits per heavy atom. The Morgan fingerprint density at radius 1 is 1.03 bits per heavy atom. The Balaban J connectivity index is 1.20. The number of carbonyl (C=O) groups excluding carboxylic acids is 1. The Hall–Kier alpha value is -1.09. The zero-order valence-electron chi connectivity index (χ0n) is 19.8. The van der Waals surface area contributed by atoms with Gasteiger partial charge in [0.25, 0.3) is 5.91 Å². The topological polar surface area (TPSA) is 67.4 Å². The van der Waals surface area contributed by atoms with Crippen molar-refractivity contribution in [3.05, 3.63) is 51.9 Å². The van der Waals surface area contributed by atoms with Crippen LogP contribution in [0.4, 0.5) is 0 Å². The van der Waals surface area contributed by atoms with E-state index in [1.807, 2.05) is 12.1 Å². The number of nitrogens with zero attached hydrogens (tertiary/aromatic N) is 1. The molecule has 2 aliphatic rings. The van der Waals surface area contributed by atoms with Crippen LogP contribution in [0.3, 0.4) is 0 Å². The van der Waals surface area contributed by atoms with Crippen LogP contribution in [0.1, 0.15) is 73.0 Å². The van der Waals surface area contributed by atoms with Gasteiger partial charge in [-0.1, -0.05) is 55.0 Å². The monoisotopic (exact) mass is 521 g/mol. The zero-order chi connectivity index (χ0) is 23.8. The van der Waals surface area contributed by atoms with Crippen molar-refractivity contribution in [2.24, 2.45) is 5.92 Å². The molecule has 1 amide bonds. The summed E-state index contributed by atoms with van der Waals surface area (Å²) in [5.74, 6) is 0.780. The molecule has 0 bridgehead atoms. The van der Waals surface area contributed by atoms with E-state index in [-0.39, 0.29) is 5.91 Å². The van der Waals surface area contributed by atoms with Gasteiger partial charge in [0.05, 0.1) is 17.9 Å². The number of rotatable bonds is 9. The minimum absolute atomic E-state index is 0.137. The number of amides is 1. The first-order valence-electron chi connectivity index (χ1n) is 12.6. The van der Waals surface area contributed by atoms with Crippen LogP contribution in [0.25, 0.3) is 0 Å². The highest BCUT2D eigenvalue weighted by molar-refractivity contribution is 7.91. The average Bonchev–Trinajstić information content (AvgIpc) is 3.21. The highest BCUT2D eigenvalue weighted by atomic mass is 35.5. The predicted molar refractivity (Wildman–Crippen MR) is 142 cm³/mol. The molecule has 1 aromatic heterocycles. The third kappa shape index (κ3) is 7.70. The summed E-state index contributed by atoms with van der Waals surface area (Å²) >= 11 is 6.27. The largest absolute Gasteiger partial charge is 0.592 e. The Kier molecular flexibility index (Phi) is 10.2. The number of nitrogens with one attached hydrogen (secondary N) is 2. The fourth-order valence-corrected chi connectivity index (χ4v) is 7.68. The number of benzene rings is 1. The lowest BCUT2D eigenvalue weighted by molar-refractivity contribution is 0.0951. The number of hydrogen-bond acceptors (Lipinski definition) is 5. The second kappa shape index (κ2) is 13.3. The second-order valence-electron chi connectivity index (χ2n) is 9.46. The van der Waals surface area contributed by atoms with Crippen molar-refractivity contribution >= 4 is 40.2 Å². The molecule has 2 aromatic rings. The van der Waals surface area contributed by atoms with E-state index in [0.717, 1.165) is 53.9 Å². The smallest absolute Gasteiger partial charge is 0.251 e. The van der Waals surface area contributed by atoms with E-state index < -0.39 is 11.4 Å². The molecule has 1 saturated heterocycles. The van der Waals surface area contributed by atoms with Crippen molar-refractivity contribution in [1.82, 2.24) is 14.9 Å². The van der Waals surface area contributed by atoms with Gasteiger partial charge >= 0.3 is 0 Å². The molecule has 8 heteroatoms. The zero-order valence-corrected chi connectivity index (χ0v) is 22.2. The van der Waals surface area contributed by atoms with E-state index >= 15 is 0 Å². The van der Waals surface area contributed by atoms with E-state index in [1.54, 1.807) is 24.3 Å². The van der Waals surface area contributed by atoms with Gasteiger partial charge in [-0.05, 0) is 68.5 Å². The van der Waals surface area contributed by atoms with E-state index in [4.69, 9.17) is 11.6 Å². The van der Waals surface area contributed by atoms with Crippen molar-refractivity contribution in [3.8, 4) is 0 Å². The maximum absolute atomic E-state index is 13.2. The molecule has 4 rings (SSSR count). The minimum Gasteiger partial charge on any atom is -0.592 e. The number of carbonyl (C=O) groups is 1. The first-order chi connectivity index (χ1) is 16.6. The summed E-state index contributed by atoms with van der Waals surface area (Å²) in [4.78, 5) is 13.3. The van der Waals surface area contributed by atoms with E-state index in [9.17, 15) is 9.35 Å². The quantitative estimate of drug-likeness (QED) is 0.411. The molecule has 2 atom stereocenters. The third-order valence-electron chi connectivity index (χ3n) is 6.97. The molecule has 1 aliphatic heterocycles. The Morgan fingerprint density at radius 3 is 2.62 bits per heavy atom. The van der Waals surface area contributed by atoms with Crippen molar-refractivity contribution in [3.63, 3.8) is 0 Å². The lowest BCUT2D eigenvalue weighted by Gasteiger charge is -2.23. The van der Waals surface area contributed by atoms with Crippen molar-refractivity contribution < 1.29 is 9.35 Å². The van der Waals surface area contributed by atoms with E-state index in [0.29, 0.717) is 23.2 Å². The van der Waals surface area contributed by atoms with Crippen LogP contribution >= 0.6 is 22.9 Å². The SMILES string of the molecule is O=C(NCc1ccc([S+]([O-])N2CCCC(NCCC3CCCCC3)CC2)s1)c1ccc(Cl)cc1. The van der Waals surface area contributed by atoms with Gasteiger partial charge in [0, 0.05) is 40.7 Å². The molecule has 186 valence electrons. The van der Waals surface area contributed by atoms with Crippen LogP contribution in [-0.2, 0) is 17.9 Å². The van der Waals surface area contributed by atoms with Gasteiger partial charge in [-0.15, -0.1) is 4.31 Å². The van der Waals surface area contributed by atoms with Gasteiger partial charge in [0.2, 0.25) is 4.21 Å². The van der Waals surface area contributed by atoms with E-state index in [1.165, 1.54) is 49.9 Å². The molecule has 1 saturated carbocycles. The minimum atomic E-state index is -1.14. The summed E-state index contributed by atoms with van der Waals surface area (Å²) in [6, 6.07) is 11.3. The second-order valence-corrected chi connectivity index (χ2v) is 12.8. The summed E-state index contributed by atoms with van der Waals surface area (Å²) in [6.07, 6.45) is 11.6. The molecule has 2 fully saturated rings. The fourth-order valence-electron chi connectivity index (χ4n) is 4.95. The molecule has 5 nitrogen and oxygen atoms in total. The Labute approximate surface area is 216 Å². The highest BCUT2D eigenvalue weighted by Gasteiger charge is 2.28. The molecule has 1 aliphatic carbocycles. The summed E-state index contributed by atoms with van der Waals surface area (Å²) in [7, 11) is 0. The fraction of sp³-hybridized carbons (Fsp3) is 0.577. The first-order valence-corrected chi connectivity index (χ1v) is 14.9. The maximum atomic E-state index is 13.2. The lowest BCUT2D eigenvalue weighted by atomic mass is 9.87. The number of hydrogen-bond donors (Lipinski definition) is 2. The standard InChI is InChI=1S/C26H36ClN3O2S2/c27-22-10-8-21(9-11-22)26(31)29-19-24-12-13-25(33-24)34(32)30-17-4-7-23(15-18-30)28-16-14-20-5-2-1-3-6-20/h8-13,20,23,28H,1-7,14-19H2,(H,29,31). The van der Waals surface area contributed by atoms with E-state index in [2.05, 4.69) is 14.9 Å². The van der Waals surface area contributed by atoms with Crippen molar-refractivity contribution in [1.29, 1.82) is 0 Å². The molecular formula is C26H36ClN3O2S2. The van der Waals surface area contributed by atoms with Gasteiger partial charge in [0.15, 0.2) is 0 Å². The van der Waals surface area contributed by atoms with Gasteiger partial charge in [0.1, 0.15) is 0 Å². The molecule has 2 heterocycles. The van der Waals surface area contributed by atoms with Crippen LogP contribution in [0.15, 0.2) is 40.6 Å². The first kappa shape index (κ1) is 26.0. The van der Waals surface area contributed by atoms with Crippen LogP contribution in [-0.4, -0.2) is 40.4 Å². The summed E-state index contributed by atoms with van der Waals surface area (Å²) in [5.41, 5.74) is 0.580. The lowest BCUT2D eigenvalue weighted by Crippen LogP contribution is -2.34. The van der Waals surface area contributed by atoms with Gasteiger partial charge < -0.3 is 15.2 Å². The average molecular weight is 522 g/mol. The molecular weight excluding hydrogens is 486 g/mol. The number of thiophene rings is 1. The predicted octanol–water partition coefficient (Wildman–Crippen LogP) is 5.77. The van der Waals surface area contributed by atoms with Gasteiger partial charge in [-0.2, -0.15) is 0 Å². The normalized spacial score (nSPS) is 21.2. The van der Waals surface area contributed by atoms with Gasteiger partial charge in [-0.3, -0.25) is 4.79 Å². The molecule has 2 N–H and O–H groups in total. The summed E-state index contributed by atoms with van der Waals surface area (Å²) in [5, 5.41) is 7.33.